The molecular weight excluding hydrogens is 729 g/mol. The summed E-state index contributed by atoms with van der Waals surface area (Å²) in [5.41, 5.74) is 18.5. The van der Waals surface area contributed by atoms with Crippen LogP contribution in [0.4, 0.5) is 22.7 Å². The van der Waals surface area contributed by atoms with E-state index in [1.807, 2.05) is 6.07 Å². The quantitative estimate of drug-likeness (QED) is 0.176. The second-order valence-electron chi connectivity index (χ2n) is 17.7. The number of fused-ring (bicyclic) bond motifs is 12. The van der Waals surface area contributed by atoms with Crippen LogP contribution in [0.25, 0.3) is 54.9 Å². The number of benzene rings is 9. The van der Waals surface area contributed by atoms with Crippen molar-refractivity contribution in [1.29, 1.82) is 0 Å². The predicted octanol–water partition coefficient (Wildman–Crippen LogP) is 15.2. The van der Waals surface area contributed by atoms with Crippen LogP contribution in [0.1, 0.15) is 61.7 Å². The van der Waals surface area contributed by atoms with Gasteiger partial charge in [0.05, 0.1) is 5.69 Å². The first-order chi connectivity index (χ1) is 29.3. The maximum absolute atomic E-state index is 6.69. The first-order valence-electron chi connectivity index (χ1n) is 21.1. The number of anilines is 4. The summed E-state index contributed by atoms with van der Waals surface area (Å²) >= 11 is 0. The van der Waals surface area contributed by atoms with Crippen molar-refractivity contribution in [2.24, 2.45) is 0 Å². The summed E-state index contributed by atoms with van der Waals surface area (Å²) in [5.74, 6) is 0.913. The van der Waals surface area contributed by atoms with Gasteiger partial charge in [-0.1, -0.05) is 161 Å². The van der Waals surface area contributed by atoms with Crippen LogP contribution in [-0.2, 0) is 10.8 Å². The fourth-order valence-corrected chi connectivity index (χ4v) is 10.6. The van der Waals surface area contributed by atoms with Crippen molar-refractivity contribution in [2.45, 2.75) is 44.8 Å². The molecule has 0 aromatic heterocycles. The Labute approximate surface area is 351 Å². The summed E-state index contributed by atoms with van der Waals surface area (Å²) < 4.78 is 6.69. The molecule has 9 aromatic rings. The predicted molar refractivity (Wildman–Crippen MR) is 250 cm³/mol. The molecular formula is C57H44N2O. The van der Waals surface area contributed by atoms with Crippen molar-refractivity contribution >= 4 is 44.3 Å². The van der Waals surface area contributed by atoms with Crippen LogP contribution in [0.2, 0.25) is 0 Å². The van der Waals surface area contributed by atoms with E-state index in [0.717, 1.165) is 39.4 Å². The normalized spacial score (nSPS) is 16.0. The summed E-state index contributed by atoms with van der Waals surface area (Å²) in [6.07, 6.45) is -0.232. The van der Waals surface area contributed by atoms with E-state index in [0.29, 0.717) is 0 Å². The molecule has 1 heterocycles. The molecule has 0 saturated heterocycles. The summed E-state index contributed by atoms with van der Waals surface area (Å²) in [4.78, 5) is 2.45. The molecule has 3 aliphatic rings. The molecule has 288 valence electrons. The Balaban J connectivity index is 0.969. The van der Waals surface area contributed by atoms with Crippen molar-refractivity contribution in [3.63, 3.8) is 0 Å². The van der Waals surface area contributed by atoms with Crippen LogP contribution < -0.4 is 15.0 Å². The van der Waals surface area contributed by atoms with Crippen molar-refractivity contribution in [1.82, 2.24) is 0 Å². The molecule has 0 fully saturated rings. The molecule has 0 radical (unpaired) electrons. The Bertz CT molecular complexity index is 3110. The van der Waals surface area contributed by atoms with E-state index >= 15 is 0 Å². The summed E-state index contributed by atoms with van der Waals surface area (Å²) in [6.45, 7) is 9.45. The third-order valence-corrected chi connectivity index (χ3v) is 13.7. The second-order valence-corrected chi connectivity index (χ2v) is 17.7. The molecule has 60 heavy (non-hydrogen) atoms. The molecule has 1 unspecified atom stereocenters. The molecule has 3 nitrogen and oxygen atoms in total. The lowest BCUT2D eigenvalue weighted by Crippen LogP contribution is -2.18. The van der Waals surface area contributed by atoms with Crippen LogP contribution >= 0.6 is 0 Å². The third kappa shape index (κ3) is 5.02. The van der Waals surface area contributed by atoms with Crippen molar-refractivity contribution < 1.29 is 4.74 Å². The van der Waals surface area contributed by atoms with Crippen molar-refractivity contribution in [2.75, 3.05) is 10.2 Å². The largest absolute Gasteiger partial charge is 0.464 e. The monoisotopic (exact) mass is 772 g/mol. The molecule has 1 N–H and O–H groups in total. The molecule has 0 spiro atoms. The van der Waals surface area contributed by atoms with Crippen LogP contribution in [0.3, 0.4) is 0 Å². The van der Waals surface area contributed by atoms with Gasteiger partial charge in [-0.25, -0.2) is 0 Å². The number of hydrogen-bond donors (Lipinski definition) is 1. The molecule has 0 saturated carbocycles. The van der Waals surface area contributed by atoms with Gasteiger partial charge in [0.15, 0.2) is 12.0 Å². The van der Waals surface area contributed by atoms with E-state index in [4.69, 9.17) is 4.74 Å². The number of nitrogens with zero attached hydrogens (tertiary/aromatic N) is 1. The van der Waals surface area contributed by atoms with Crippen LogP contribution in [-0.4, -0.2) is 0 Å². The van der Waals surface area contributed by atoms with Gasteiger partial charge in [-0.05, 0) is 115 Å². The molecule has 1 aliphatic heterocycles. The van der Waals surface area contributed by atoms with Gasteiger partial charge in [0, 0.05) is 44.2 Å². The van der Waals surface area contributed by atoms with E-state index in [2.05, 4.69) is 214 Å². The molecule has 0 bridgehead atoms. The highest BCUT2D eigenvalue weighted by atomic mass is 16.5. The van der Waals surface area contributed by atoms with Gasteiger partial charge in [0.1, 0.15) is 0 Å². The Hall–Kier alpha value is -7.10. The highest BCUT2D eigenvalue weighted by molar-refractivity contribution is 6.18. The van der Waals surface area contributed by atoms with Crippen LogP contribution in [0, 0.1) is 0 Å². The smallest absolute Gasteiger partial charge is 0.196 e. The minimum absolute atomic E-state index is 0.108. The lowest BCUT2D eigenvalue weighted by atomic mass is 9.82. The SMILES string of the molecule is CC1(C)c2ccccc2-c2ccc(N(c3ccc(-c4ccc5c6c(c7ccccc7c5c4)NC(c4ccccc4)O6)cc3)c3ccc4c(c3)C(C)(C)c3ccccc3-4)cc21. The number of hydrogen-bond acceptors (Lipinski definition) is 3. The van der Waals surface area contributed by atoms with Gasteiger partial charge in [0.2, 0.25) is 0 Å². The van der Waals surface area contributed by atoms with E-state index < -0.39 is 0 Å². The van der Waals surface area contributed by atoms with Gasteiger partial charge in [-0.2, -0.15) is 0 Å². The lowest BCUT2D eigenvalue weighted by Gasteiger charge is -2.30. The molecule has 12 rings (SSSR count). The van der Waals surface area contributed by atoms with Crippen molar-refractivity contribution in [3.8, 4) is 39.1 Å². The second kappa shape index (κ2) is 12.7. The molecule has 1 atom stereocenters. The number of ether oxygens (including phenoxy) is 1. The lowest BCUT2D eigenvalue weighted by molar-refractivity contribution is 0.262. The first kappa shape index (κ1) is 34.9. The number of rotatable bonds is 5. The van der Waals surface area contributed by atoms with Gasteiger partial charge < -0.3 is 15.0 Å². The molecule has 2 aliphatic carbocycles. The van der Waals surface area contributed by atoms with Gasteiger partial charge in [-0.15, -0.1) is 0 Å². The molecule has 3 heteroatoms. The first-order valence-corrected chi connectivity index (χ1v) is 21.1. The Morgan fingerprint density at radius 3 is 1.57 bits per heavy atom. The highest BCUT2D eigenvalue weighted by Gasteiger charge is 2.38. The topological polar surface area (TPSA) is 24.5 Å². The molecule has 0 amide bonds. The van der Waals surface area contributed by atoms with Gasteiger partial charge >= 0.3 is 0 Å². The van der Waals surface area contributed by atoms with Crippen LogP contribution in [0.5, 0.6) is 5.75 Å². The minimum Gasteiger partial charge on any atom is -0.464 e. The fraction of sp³-hybridized carbons (Fsp3) is 0.123. The fourth-order valence-electron chi connectivity index (χ4n) is 10.6. The Morgan fingerprint density at radius 2 is 0.933 bits per heavy atom. The summed E-state index contributed by atoms with van der Waals surface area (Å²) in [5, 5.41) is 8.38. The Kier molecular flexibility index (Phi) is 7.39. The summed E-state index contributed by atoms with van der Waals surface area (Å²) in [6, 6.07) is 67.0. The Morgan fingerprint density at radius 1 is 0.417 bits per heavy atom. The van der Waals surface area contributed by atoms with Crippen LogP contribution in [0.15, 0.2) is 182 Å². The van der Waals surface area contributed by atoms with Gasteiger partial charge in [0.25, 0.3) is 0 Å². The maximum atomic E-state index is 6.69. The average Bonchev–Trinajstić information content (AvgIpc) is 3.91. The average molecular weight is 773 g/mol. The standard InChI is InChI=1S/C57H44N2O/c1-56(2)49-20-12-10-17-42(49)44-30-27-39(33-51(44)56)59(40-28-31-45-43-18-11-13-21-50(43)57(3,4)52(45)34-40)38-25-22-35(23-26-38)37-24-29-47-48(32-37)41-16-8-9-19-46(41)53-54(47)60-55(58-53)36-14-6-5-7-15-36/h5-34,55,58H,1-4H3. The van der Waals surface area contributed by atoms with E-state index in [-0.39, 0.29) is 17.1 Å². The minimum atomic E-state index is -0.232. The van der Waals surface area contributed by atoms with E-state index in [9.17, 15) is 0 Å². The zero-order valence-corrected chi connectivity index (χ0v) is 34.3. The molecule has 9 aromatic carbocycles. The highest BCUT2D eigenvalue weighted by Crippen LogP contribution is 2.54. The zero-order valence-electron chi connectivity index (χ0n) is 34.3. The third-order valence-electron chi connectivity index (χ3n) is 13.7. The van der Waals surface area contributed by atoms with E-state index in [1.165, 1.54) is 71.8 Å². The van der Waals surface area contributed by atoms with Gasteiger partial charge in [-0.3, -0.25) is 0 Å². The van der Waals surface area contributed by atoms with E-state index in [1.54, 1.807) is 0 Å². The zero-order chi connectivity index (χ0) is 40.3. The number of nitrogens with one attached hydrogen (secondary N) is 1. The summed E-state index contributed by atoms with van der Waals surface area (Å²) in [7, 11) is 0. The maximum Gasteiger partial charge on any atom is 0.196 e. The van der Waals surface area contributed by atoms with Crippen molar-refractivity contribution in [3.05, 3.63) is 210 Å².